The number of quaternary nitrogens is 1. The molecule has 0 saturated heterocycles. The summed E-state index contributed by atoms with van der Waals surface area (Å²) in [7, 11) is 1.49. The number of aliphatic hydroxyl groups excluding tert-OH is 1. The predicted molar refractivity (Wildman–Crippen MR) is 299 cm³/mol. The summed E-state index contributed by atoms with van der Waals surface area (Å²) in [4.78, 5) is 23.1. The molecule has 0 spiro atoms. The first kappa shape index (κ1) is 66.7. The summed E-state index contributed by atoms with van der Waals surface area (Å²) in [6, 6.07) is -0.923. The molecule has 0 saturated carbocycles. The van der Waals surface area contributed by atoms with Crippen LogP contribution in [-0.2, 0) is 18.4 Å². The van der Waals surface area contributed by atoms with Crippen molar-refractivity contribution >= 4 is 13.7 Å². The summed E-state index contributed by atoms with van der Waals surface area (Å²) >= 11 is 0. The van der Waals surface area contributed by atoms with Crippen LogP contribution >= 0.6 is 7.82 Å². The molecule has 0 aliphatic heterocycles. The van der Waals surface area contributed by atoms with Crippen LogP contribution in [0.4, 0.5) is 0 Å². The van der Waals surface area contributed by atoms with Crippen molar-refractivity contribution < 1.29 is 32.9 Å². The summed E-state index contributed by atoms with van der Waals surface area (Å²) in [5, 5.41) is 13.8. The maximum atomic E-state index is 12.9. The molecule has 9 heteroatoms. The van der Waals surface area contributed by atoms with Gasteiger partial charge in [-0.1, -0.05) is 259 Å². The van der Waals surface area contributed by atoms with E-state index >= 15 is 0 Å². The van der Waals surface area contributed by atoms with Gasteiger partial charge in [0.15, 0.2) is 0 Å². The fourth-order valence-electron chi connectivity index (χ4n) is 7.95. The Balaban J connectivity index is 4.22. The lowest BCUT2D eigenvalue weighted by molar-refractivity contribution is -0.870. The van der Waals surface area contributed by atoms with E-state index in [1.807, 2.05) is 33.3 Å². The van der Waals surface area contributed by atoms with Crippen LogP contribution in [-0.4, -0.2) is 73.4 Å². The number of nitrogens with one attached hydrogen (secondary N) is 1. The monoisotopic (exact) mass is 986 g/mol. The van der Waals surface area contributed by atoms with Gasteiger partial charge in [-0.25, -0.2) is 4.57 Å². The van der Waals surface area contributed by atoms with Crippen molar-refractivity contribution in [3.05, 3.63) is 85.1 Å². The van der Waals surface area contributed by atoms with Gasteiger partial charge in [0.25, 0.3) is 0 Å². The van der Waals surface area contributed by atoms with Gasteiger partial charge in [-0.15, -0.1) is 0 Å². The van der Waals surface area contributed by atoms with Gasteiger partial charge in [0.2, 0.25) is 5.91 Å². The molecular weight excluding hydrogens is 876 g/mol. The maximum Gasteiger partial charge on any atom is 0.472 e. The molecule has 3 unspecified atom stereocenters. The Kier molecular flexibility index (Phi) is 48.9. The fourth-order valence-corrected chi connectivity index (χ4v) is 8.69. The molecule has 8 nitrogen and oxygen atoms in total. The average Bonchev–Trinajstić information content (AvgIpc) is 3.31. The van der Waals surface area contributed by atoms with Crippen LogP contribution in [0.25, 0.3) is 0 Å². The maximum absolute atomic E-state index is 12.9. The minimum absolute atomic E-state index is 0.0358. The number of phosphoric acid groups is 1. The van der Waals surface area contributed by atoms with Gasteiger partial charge < -0.3 is 19.8 Å². The average molecular weight is 987 g/mol. The van der Waals surface area contributed by atoms with Crippen LogP contribution in [0.5, 0.6) is 0 Å². The number of carbonyl (C=O) groups is 1. The minimum atomic E-state index is -4.38. The predicted octanol–water partition coefficient (Wildman–Crippen LogP) is 17.3. The molecule has 0 bridgehead atoms. The van der Waals surface area contributed by atoms with Gasteiger partial charge in [-0.3, -0.25) is 13.8 Å². The number of allylic oxidation sites excluding steroid dienone is 12. The van der Waals surface area contributed by atoms with Gasteiger partial charge in [0.05, 0.1) is 39.9 Å². The number of nitrogens with zero attached hydrogens (tertiary/aromatic N) is 1. The lowest BCUT2D eigenvalue weighted by atomic mass is 10.0. The summed E-state index contributed by atoms with van der Waals surface area (Å²) in [5.74, 6) is -0.315. The molecule has 400 valence electrons. The first-order valence-electron chi connectivity index (χ1n) is 28.5. The van der Waals surface area contributed by atoms with Gasteiger partial charge in [-0.05, 0) is 57.8 Å². The molecule has 3 atom stereocenters. The highest BCUT2D eigenvalue weighted by atomic mass is 31.2. The van der Waals surface area contributed by atoms with E-state index < -0.39 is 20.0 Å². The second kappa shape index (κ2) is 50.6. The van der Waals surface area contributed by atoms with E-state index in [2.05, 4.69) is 79.9 Å². The number of rotatable bonds is 51. The van der Waals surface area contributed by atoms with Gasteiger partial charge in [0, 0.05) is 6.42 Å². The molecule has 0 aromatic rings. The summed E-state index contributed by atoms with van der Waals surface area (Å²) in [5.41, 5.74) is 0. The second-order valence-electron chi connectivity index (χ2n) is 20.3. The van der Waals surface area contributed by atoms with Crippen LogP contribution in [0.3, 0.4) is 0 Å². The van der Waals surface area contributed by atoms with E-state index in [1.165, 1.54) is 167 Å². The van der Waals surface area contributed by atoms with Gasteiger partial charge in [-0.2, -0.15) is 0 Å². The third-order valence-electron chi connectivity index (χ3n) is 12.4. The van der Waals surface area contributed by atoms with Crippen molar-refractivity contribution in [2.24, 2.45) is 0 Å². The van der Waals surface area contributed by atoms with E-state index in [0.29, 0.717) is 17.4 Å². The number of aliphatic hydroxyl groups is 1. The number of carbonyl (C=O) groups excluding carboxylic acids is 1. The van der Waals surface area contributed by atoms with E-state index in [9.17, 15) is 19.4 Å². The molecule has 0 aliphatic rings. The first-order valence-corrected chi connectivity index (χ1v) is 30.0. The van der Waals surface area contributed by atoms with Crippen molar-refractivity contribution in [1.82, 2.24) is 5.32 Å². The number of unbranched alkanes of at least 4 members (excludes halogenated alkanes) is 27. The van der Waals surface area contributed by atoms with Crippen molar-refractivity contribution in [3.8, 4) is 0 Å². The number of likely N-dealkylation sites (N-methyl/N-ethyl adjacent to an activating group) is 1. The van der Waals surface area contributed by atoms with Crippen LogP contribution < -0.4 is 5.32 Å². The van der Waals surface area contributed by atoms with Crippen LogP contribution in [0.2, 0.25) is 0 Å². The lowest BCUT2D eigenvalue weighted by Gasteiger charge is -2.25. The standard InChI is InChI=1S/C60H109N2O6P/c1-6-8-10-12-14-16-18-20-22-23-24-25-26-27-28-29-30-31-32-33-34-35-36-37-38-40-41-43-45-47-49-51-53-59(63)58(57-68-69(65,66)67-56-55-62(3,4)5)61-60(64)54-52-50-48-46-44-42-39-21-19-17-15-13-11-9-7-2/h9,11,15,17,21,39,43-46,50-53,58-59,63H,6-8,10,12-14,16,18-20,22-38,40-42,47-49,54-57H2,1-5H3,(H-,61,64,65,66)/p+1/b11-9-,17-15-,39-21-,45-43+,46-44-,52-50-,53-51+. The molecule has 0 aliphatic carbocycles. The van der Waals surface area contributed by atoms with Crippen LogP contribution in [0.1, 0.15) is 239 Å². The second-order valence-corrected chi connectivity index (χ2v) is 21.7. The van der Waals surface area contributed by atoms with Gasteiger partial charge >= 0.3 is 7.82 Å². The molecule has 0 fully saturated rings. The normalized spacial score (nSPS) is 14.6. The van der Waals surface area contributed by atoms with E-state index in [0.717, 1.165) is 44.9 Å². The molecule has 69 heavy (non-hydrogen) atoms. The van der Waals surface area contributed by atoms with Crippen molar-refractivity contribution in [3.63, 3.8) is 0 Å². The van der Waals surface area contributed by atoms with Crippen molar-refractivity contribution in [2.45, 2.75) is 251 Å². The first-order chi connectivity index (χ1) is 33.5. The molecular formula is C60H110N2O6P+. The lowest BCUT2D eigenvalue weighted by Crippen LogP contribution is -2.45. The van der Waals surface area contributed by atoms with E-state index in [-0.39, 0.29) is 25.5 Å². The summed E-state index contributed by atoms with van der Waals surface area (Å²) < 4.78 is 23.6. The Labute approximate surface area is 426 Å². The van der Waals surface area contributed by atoms with Gasteiger partial charge in [0.1, 0.15) is 13.2 Å². The summed E-state index contributed by atoms with van der Waals surface area (Å²) in [6.45, 7) is 4.61. The molecule has 0 radical (unpaired) electrons. The zero-order valence-corrected chi connectivity index (χ0v) is 46.4. The third-order valence-corrected chi connectivity index (χ3v) is 13.4. The molecule has 0 aromatic carbocycles. The Hall–Kier alpha value is -2.32. The highest BCUT2D eigenvalue weighted by molar-refractivity contribution is 7.47. The molecule has 3 N–H and O–H groups in total. The third kappa shape index (κ3) is 53.3. The zero-order valence-electron chi connectivity index (χ0n) is 45.5. The van der Waals surface area contributed by atoms with Crippen LogP contribution in [0, 0.1) is 0 Å². The SMILES string of the molecule is CC/C=C\C/C=C\C/C=C\C/C=C\C/C=C\CC(=O)NC(COP(=O)(O)OCC[N+](C)(C)C)C(O)/C=C/CC/C=C/CCCCCCCCCCCCCCCCCCCCCCCCCCCC. The topological polar surface area (TPSA) is 105 Å². The molecule has 0 aromatic heterocycles. The van der Waals surface area contributed by atoms with Crippen LogP contribution in [0.15, 0.2) is 85.1 Å². The molecule has 0 rings (SSSR count). The van der Waals surface area contributed by atoms with Crippen molar-refractivity contribution in [1.29, 1.82) is 0 Å². The Morgan fingerprint density at radius 3 is 1.30 bits per heavy atom. The van der Waals surface area contributed by atoms with E-state index in [1.54, 1.807) is 12.2 Å². The Morgan fingerprint density at radius 1 is 0.507 bits per heavy atom. The van der Waals surface area contributed by atoms with Crippen molar-refractivity contribution in [2.75, 3.05) is 40.9 Å². The van der Waals surface area contributed by atoms with E-state index in [4.69, 9.17) is 9.05 Å². The highest BCUT2D eigenvalue weighted by Crippen LogP contribution is 2.43. The Bertz CT molecular complexity index is 1400. The number of phosphoric ester groups is 1. The molecule has 1 amide bonds. The summed E-state index contributed by atoms with van der Waals surface area (Å²) in [6.07, 6.45) is 71.8. The molecule has 0 heterocycles. The quantitative estimate of drug-likeness (QED) is 0.0243. The number of hydrogen-bond donors (Lipinski definition) is 3. The Morgan fingerprint density at radius 2 is 0.884 bits per heavy atom. The smallest absolute Gasteiger partial charge is 0.387 e. The number of hydrogen-bond acceptors (Lipinski definition) is 5. The number of amides is 1. The highest BCUT2D eigenvalue weighted by Gasteiger charge is 2.27. The zero-order chi connectivity index (χ0) is 50.6. The largest absolute Gasteiger partial charge is 0.472 e. The fraction of sp³-hybridized carbons (Fsp3) is 0.750. The minimum Gasteiger partial charge on any atom is -0.387 e.